The molecule has 0 radical (unpaired) electrons. The highest BCUT2D eigenvalue weighted by Gasteiger charge is 2.31. The minimum Gasteiger partial charge on any atom is -0.480 e. The molecule has 0 aliphatic carbocycles. The van der Waals surface area contributed by atoms with Crippen molar-refractivity contribution in [2.45, 2.75) is 42.9 Å². The van der Waals surface area contributed by atoms with Crippen molar-refractivity contribution >= 4 is 29.5 Å². The zero-order valence-corrected chi connectivity index (χ0v) is 16.4. The van der Waals surface area contributed by atoms with Gasteiger partial charge in [-0.15, -0.1) is 0 Å². The number of carboxylic acid groups (broad SMARTS) is 1. The number of aliphatic hydroxyl groups excluding tert-OH is 5. The molecular weight excluding hydrogens is 398 g/mol. The van der Waals surface area contributed by atoms with Gasteiger partial charge in [0.2, 0.25) is 11.8 Å². The van der Waals surface area contributed by atoms with Gasteiger partial charge in [0.15, 0.2) is 0 Å². The lowest BCUT2D eigenvalue weighted by Crippen LogP contribution is -2.52. The molecule has 0 unspecified atom stereocenters. The second kappa shape index (κ2) is 13.7. The number of thioether (sulfide) groups is 1. The van der Waals surface area contributed by atoms with Gasteiger partial charge in [0, 0.05) is 12.3 Å². The van der Waals surface area contributed by atoms with E-state index in [1.165, 1.54) is 18.8 Å². The Balaban J connectivity index is 4.61. The molecule has 0 rings (SSSR count). The topological polar surface area (TPSA) is 209 Å². The van der Waals surface area contributed by atoms with Gasteiger partial charge in [-0.1, -0.05) is 0 Å². The normalized spacial score (nSPS) is 17.7. The van der Waals surface area contributed by atoms with Gasteiger partial charge in [-0.2, -0.15) is 11.8 Å². The van der Waals surface area contributed by atoms with Crippen LogP contribution >= 0.6 is 11.8 Å². The molecule has 0 aromatic rings. The number of carbonyl (C=O) groups is 3. The minimum atomic E-state index is -1.83. The van der Waals surface area contributed by atoms with Crippen LogP contribution < -0.4 is 16.0 Å². The molecule has 28 heavy (non-hydrogen) atoms. The Morgan fingerprint density at radius 1 is 1.00 bits per heavy atom. The number of amides is 2. The average Bonchev–Trinajstić information content (AvgIpc) is 2.67. The van der Waals surface area contributed by atoms with Gasteiger partial charge < -0.3 is 46.6 Å². The third kappa shape index (κ3) is 9.14. The number of rotatable bonds is 14. The van der Waals surface area contributed by atoms with E-state index >= 15 is 0 Å². The number of likely N-dealkylation sites (N-methyl/N-ethyl adjacent to an activating group) is 1. The van der Waals surface area contributed by atoms with Gasteiger partial charge in [0.25, 0.3) is 0 Å². The lowest BCUT2D eigenvalue weighted by atomic mass is 10.0. The standard InChI is InChI=1S/C15H29N3O9S/c1-16-7(14(25)18-8(6-28-2)15(26)27)3-11(22)17-4-9(20)12(23)13(24)10(21)5-19/h7-10,12-13,16,19-21,23-24H,3-6H2,1-2H3,(H,17,22)(H,18,25)(H,26,27)/t7-,8-,9-,10+,12+,13+/m0/s1. The molecule has 0 aromatic heterocycles. The minimum absolute atomic E-state index is 0.149. The van der Waals surface area contributed by atoms with Gasteiger partial charge in [0.05, 0.1) is 25.2 Å². The molecule has 0 aromatic carbocycles. The summed E-state index contributed by atoms with van der Waals surface area (Å²) in [6.07, 6.45) is -5.65. The molecule has 0 saturated heterocycles. The molecule has 13 heteroatoms. The van der Waals surface area contributed by atoms with Crippen molar-refractivity contribution in [2.75, 3.05) is 32.2 Å². The maximum atomic E-state index is 12.1. The monoisotopic (exact) mass is 427 g/mol. The highest BCUT2D eigenvalue weighted by atomic mass is 32.2. The summed E-state index contributed by atoms with van der Waals surface area (Å²) in [4.78, 5) is 35.2. The predicted molar refractivity (Wildman–Crippen MR) is 99.5 cm³/mol. The summed E-state index contributed by atoms with van der Waals surface area (Å²) in [5.41, 5.74) is 0. The lowest BCUT2D eigenvalue weighted by Gasteiger charge is -2.26. The first-order valence-corrected chi connectivity index (χ1v) is 9.77. The van der Waals surface area contributed by atoms with Gasteiger partial charge in [0.1, 0.15) is 24.4 Å². The van der Waals surface area contributed by atoms with Crippen LogP contribution in [0.1, 0.15) is 6.42 Å². The van der Waals surface area contributed by atoms with E-state index in [9.17, 15) is 34.8 Å². The average molecular weight is 427 g/mol. The van der Waals surface area contributed by atoms with Crippen molar-refractivity contribution in [3.8, 4) is 0 Å². The first kappa shape index (κ1) is 26.5. The van der Waals surface area contributed by atoms with Crippen molar-refractivity contribution < 1.29 is 45.0 Å². The van der Waals surface area contributed by atoms with Crippen LogP contribution in [-0.4, -0.2) is 117 Å². The molecule has 9 N–H and O–H groups in total. The molecule has 12 nitrogen and oxygen atoms in total. The summed E-state index contributed by atoms with van der Waals surface area (Å²) < 4.78 is 0. The van der Waals surface area contributed by atoms with Crippen LogP contribution in [0.3, 0.4) is 0 Å². The Morgan fingerprint density at radius 3 is 2.04 bits per heavy atom. The predicted octanol–water partition coefficient (Wildman–Crippen LogP) is -4.55. The van der Waals surface area contributed by atoms with Crippen molar-refractivity contribution in [3.05, 3.63) is 0 Å². The van der Waals surface area contributed by atoms with E-state index in [4.69, 9.17) is 10.2 Å². The zero-order valence-electron chi connectivity index (χ0n) is 15.6. The smallest absolute Gasteiger partial charge is 0.327 e. The SMILES string of the molecule is CN[C@@H](CC(=O)NC[C@H](O)[C@@H](O)[C@H](O)[C@H](O)CO)C(=O)N[C@@H](CSC)C(=O)O. The summed E-state index contributed by atoms with van der Waals surface area (Å²) >= 11 is 1.23. The van der Waals surface area contributed by atoms with Crippen LogP contribution in [0.5, 0.6) is 0 Å². The third-order valence-corrected chi connectivity index (χ3v) is 4.50. The van der Waals surface area contributed by atoms with E-state index in [0.29, 0.717) is 0 Å². The highest BCUT2D eigenvalue weighted by Crippen LogP contribution is 2.05. The second-order valence-electron chi connectivity index (χ2n) is 6.00. The third-order valence-electron chi connectivity index (χ3n) is 3.84. The molecule has 0 spiro atoms. The molecule has 0 heterocycles. The first-order chi connectivity index (χ1) is 13.1. The summed E-state index contributed by atoms with van der Waals surface area (Å²) in [6, 6.07) is -2.15. The maximum absolute atomic E-state index is 12.1. The molecule has 0 aliphatic rings. The van der Waals surface area contributed by atoms with Gasteiger partial charge in [-0.25, -0.2) is 4.79 Å². The molecule has 0 bridgehead atoms. The van der Waals surface area contributed by atoms with Crippen LogP contribution in [0, 0.1) is 0 Å². The maximum Gasteiger partial charge on any atom is 0.327 e. The van der Waals surface area contributed by atoms with Gasteiger partial charge >= 0.3 is 5.97 Å². The summed E-state index contributed by atoms with van der Waals surface area (Å²) in [6.45, 7) is -1.32. The van der Waals surface area contributed by atoms with Gasteiger partial charge in [-0.3, -0.25) is 9.59 Å². The van der Waals surface area contributed by atoms with E-state index < -0.39 is 67.4 Å². The Bertz CT molecular complexity index is 511. The number of nitrogens with one attached hydrogen (secondary N) is 3. The van der Waals surface area contributed by atoms with E-state index in [-0.39, 0.29) is 12.2 Å². The Kier molecular flexibility index (Phi) is 12.9. The first-order valence-electron chi connectivity index (χ1n) is 8.38. The van der Waals surface area contributed by atoms with Crippen LogP contribution in [0.25, 0.3) is 0 Å². The number of aliphatic carboxylic acids is 1. The van der Waals surface area contributed by atoms with E-state index in [0.717, 1.165) is 0 Å². The number of hydrogen-bond donors (Lipinski definition) is 9. The zero-order chi connectivity index (χ0) is 21.9. The Morgan fingerprint density at radius 2 is 1.57 bits per heavy atom. The fourth-order valence-electron chi connectivity index (χ4n) is 2.10. The van der Waals surface area contributed by atoms with Crippen LogP contribution in [0.4, 0.5) is 0 Å². The number of aliphatic hydroxyl groups is 5. The van der Waals surface area contributed by atoms with Crippen molar-refractivity contribution in [2.24, 2.45) is 0 Å². The van der Waals surface area contributed by atoms with Crippen molar-refractivity contribution in [1.29, 1.82) is 0 Å². The number of carboxylic acids is 1. The molecule has 2 amide bonds. The highest BCUT2D eigenvalue weighted by molar-refractivity contribution is 7.98. The number of hydrogen-bond acceptors (Lipinski definition) is 10. The molecule has 6 atom stereocenters. The fraction of sp³-hybridized carbons (Fsp3) is 0.800. The van der Waals surface area contributed by atoms with Gasteiger partial charge in [-0.05, 0) is 13.3 Å². The number of carbonyl (C=O) groups excluding carboxylic acids is 2. The molecule has 0 saturated carbocycles. The second-order valence-corrected chi connectivity index (χ2v) is 6.91. The largest absolute Gasteiger partial charge is 0.480 e. The van der Waals surface area contributed by atoms with E-state index in [2.05, 4.69) is 16.0 Å². The molecule has 164 valence electrons. The van der Waals surface area contributed by atoms with Crippen molar-refractivity contribution in [1.82, 2.24) is 16.0 Å². The Hall–Kier alpha value is -1.48. The van der Waals surface area contributed by atoms with Crippen LogP contribution in [-0.2, 0) is 14.4 Å². The summed E-state index contributed by atoms with van der Waals surface area (Å²) in [5.74, 6) is -2.44. The Labute approximate surface area is 166 Å². The molecular formula is C15H29N3O9S. The molecule has 0 fully saturated rings. The summed E-state index contributed by atoms with van der Waals surface area (Å²) in [5, 5.41) is 63.1. The van der Waals surface area contributed by atoms with Crippen LogP contribution in [0.15, 0.2) is 0 Å². The van der Waals surface area contributed by atoms with Crippen LogP contribution in [0.2, 0.25) is 0 Å². The van der Waals surface area contributed by atoms with Crippen molar-refractivity contribution in [3.63, 3.8) is 0 Å². The molecule has 0 aliphatic heterocycles. The van der Waals surface area contributed by atoms with E-state index in [1.807, 2.05) is 0 Å². The van der Waals surface area contributed by atoms with E-state index in [1.54, 1.807) is 6.26 Å². The quantitative estimate of drug-likeness (QED) is 0.129. The fourth-order valence-corrected chi connectivity index (χ4v) is 2.66. The summed E-state index contributed by atoms with van der Waals surface area (Å²) in [7, 11) is 1.41. The lowest BCUT2D eigenvalue weighted by molar-refractivity contribution is -0.141.